The smallest absolute Gasteiger partial charge is 0.326 e. The summed E-state index contributed by atoms with van der Waals surface area (Å²) in [6, 6.07) is 30.1. The van der Waals surface area contributed by atoms with E-state index in [9.17, 15) is 19.5 Å². The van der Waals surface area contributed by atoms with E-state index in [1.807, 2.05) is 91.0 Å². The molecule has 3 aliphatic rings. The first-order valence-corrected chi connectivity index (χ1v) is 15.1. The molecule has 0 radical (unpaired) electrons. The Labute approximate surface area is 260 Å². The van der Waals surface area contributed by atoms with Crippen molar-refractivity contribution in [2.24, 2.45) is 23.7 Å². The molecule has 1 aliphatic heterocycles. The number of fused-ring (bicyclic) bond motifs is 5. The number of ether oxygens (including phenoxy) is 1. The Hall–Kier alpha value is -5.21. The van der Waals surface area contributed by atoms with Crippen molar-refractivity contribution in [3.05, 3.63) is 149 Å². The van der Waals surface area contributed by atoms with Gasteiger partial charge in [-0.1, -0.05) is 78.9 Å². The van der Waals surface area contributed by atoms with E-state index in [0.717, 1.165) is 21.6 Å². The Morgan fingerprint density at radius 3 is 2.13 bits per heavy atom. The molecule has 7 rings (SSSR count). The standard InChI is InChI=1S/C37H31N3O5/c1-2-45-29(41)22-40-35(42)32-25-21-26(37(44,24-15-7-4-8-16-24)28-18-10-12-20-39-28)33(34(32)36(40)43)31(25)30(23-13-5-3-6-14-23)27-17-9-11-19-38-27/h3-21,25,32-34,44H,2,22H2,1H3. The van der Waals surface area contributed by atoms with Crippen molar-refractivity contribution >= 4 is 23.4 Å². The number of amides is 2. The molecule has 8 heteroatoms. The van der Waals surface area contributed by atoms with Crippen molar-refractivity contribution in [1.29, 1.82) is 0 Å². The van der Waals surface area contributed by atoms with Gasteiger partial charge in [-0.2, -0.15) is 0 Å². The van der Waals surface area contributed by atoms with Gasteiger partial charge in [-0.3, -0.25) is 29.3 Å². The molecule has 1 N–H and O–H groups in total. The molecule has 4 aromatic rings. The molecule has 2 aromatic carbocycles. The van der Waals surface area contributed by atoms with Crippen LogP contribution in [0.3, 0.4) is 0 Å². The first-order chi connectivity index (χ1) is 21.9. The fraction of sp³-hybridized carbons (Fsp3) is 0.216. The second-order valence-corrected chi connectivity index (χ2v) is 11.4. The lowest BCUT2D eigenvalue weighted by molar-refractivity contribution is -0.153. The third-order valence-corrected chi connectivity index (χ3v) is 9.13. The highest BCUT2D eigenvalue weighted by atomic mass is 16.5. The fourth-order valence-corrected chi connectivity index (χ4v) is 7.40. The molecule has 2 aliphatic carbocycles. The van der Waals surface area contributed by atoms with Crippen LogP contribution in [0.15, 0.2) is 127 Å². The van der Waals surface area contributed by atoms with E-state index in [1.54, 1.807) is 31.5 Å². The first kappa shape index (κ1) is 28.6. The van der Waals surface area contributed by atoms with E-state index >= 15 is 0 Å². The second kappa shape index (κ2) is 11.4. The summed E-state index contributed by atoms with van der Waals surface area (Å²) in [6.45, 7) is 1.38. The van der Waals surface area contributed by atoms with Crippen LogP contribution in [-0.4, -0.2) is 50.9 Å². The lowest BCUT2D eigenvalue weighted by Crippen LogP contribution is -2.40. The summed E-state index contributed by atoms with van der Waals surface area (Å²) in [7, 11) is 0. The number of allylic oxidation sites excluding steroid dienone is 2. The van der Waals surface area contributed by atoms with Gasteiger partial charge in [0.1, 0.15) is 6.54 Å². The maximum atomic E-state index is 14.2. The van der Waals surface area contributed by atoms with Crippen molar-refractivity contribution < 1.29 is 24.2 Å². The SMILES string of the molecule is CCOC(=O)CN1C(=O)C2C3C=C(C(O)(c4ccccc4)c4ccccn4)C(C3=C(c3ccccc3)c3ccccn3)C2C1=O. The zero-order valence-electron chi connectivity index (χ0n) is 24.6. The van der Waals surface area contributed by atoms with Gasteiger partial charge >= 0.3 is 5.97 Å². The van der Waals surface area contributed by atoms with Crippen LogP contribution in [0.5, 0.6) is 0 Å². The molecule has 2 fully saturated rings. The first-order valence-electron chi connectivity index (χ1n) is 15.1. The Balaban J connectivity index is 1.48. The molecule has 1 saturated carbocycles. The van der Waals surface area contributed by atoms with Gasteiger partial charge < -0.3 is 9.84 Å². The number of hydrogen-bond acceptors (Lipinski definition) is 7. The summed E-state index contributed by atoms with van der Waals surface area (Å²) in [5.74, 6) is -4.26. The number of likely N-dealkylation sites (tertiary alicyclic amines) is 1. The lowest BCUT2D eigenvalue weighted by atomic mass is 9.71. The summed E-state index contributed by atoms with van der Waals surface area (Å²) in [5.41, 5.74) is 3.14. The minimum absolute atomic E-state index is 0.143. The number of aliphatic hydroxyl groups is 1. The van der Waals surface area contributed by atoms with Crippen molar-refractivity contribution in [3.8, 4) is 0 Å². The molecule has 2 bridgehead atoms. The molecule has 3 heterocycles. The number of hydrogen-bond donors (Lipinski definition) is 1. The molecule has 224 valence electrons. The van der Waals surface area contributed by atoms with Gasteiger partial charge in [0.25, 0.3) is 0 Å². The van der Waals surface area contributed by atoms with E-state index in [-0.39, 0.29) is 6.61 Å². The Bertz CT molecular complexity index is 1740. The number of esters is 1. The van der Waals surface area contributed by atoms with E-state index in [4.69, 9.17) is 9.72 Å². The zero-order chi connectivity index (χ0) is 31.1. The van der Waals surface area contributed by atoms with Crippen molar-refractivity contribution in [2.75, 3.05) is 13.2 Å². The van der Waals surface area contributed by atoms with Crippen LogP contribution in [0.25, 0.3) is 5.57 Å². The number of imide groups is 1. The number of pyridine rings is 2. The minimum Gasteiger partial charge on any atom is -0.465 e. The number of carbonyl (C=O) groups excluding carboxylic acids is 3. The molecule has 2 aromatic heterocycles. The third kappa shape index (κ3) is 4.52. The lowest BCUT2D eigenvalue weighted by Gasteiger charge is -2.36. The van der Waals surface area contributed by atoms with Gasteiger partial charge in [-0.15, -0.1) is 0 Å². The number of nitrogens with zero attached hydrogens (tertiary/aromatic N) is 3. The average Bonchev–Trinajstić information content (AvgIpc) is 3.69. The summed E-state index contributed by atoms with van der Waals surface area (Å²) < 4.78 is 5.09. The Morgan fingerprint density at radius 1 is 0.844 bits per heavy atom. The van der Waals surface area contributed by atoms with E-state index < -0.39 is 53.6 Å². The van der Waals surface area contributed by atoms with Gasteiger partial charge in [0.2, 0.25) is 11.8 Å². The van der Waals surface area contributed by atoms with Gasteiger partial charge in [-0.05, 0) is 53.5 Å². The Kier molecular flexibility index (Phi) is 7.22. The van der Waals surface area contributed by atoms with Crippen LogP contribution in [-0.2, 0) is 24.7 Å². The quantitative estimate of drug-likeness (QED) is 0.180. The molecule has 2 amide bonds. The number of benzene rings is 2. The summed E-state index contributed by atoms with van der Waals surface area (Å²) >= 11 is 0. The molecular formula is C37H31N3O5. The molecule has 45 heavy (non-hydrogen) atoms. The largest absolute Gasteiger partial charge is 0.465 e. The molecule has 5 unspecified atom stereocenters. The summed E-state index contributed by atoms with van der Waals surface area (Å²) in [4.78, 5) is 51.1. The fourth-order valence-electron chi connectivity index (χ4n) is 7.40. The van der Waals surface area contributed by atoms with Crippen LogP contribution in [0.2, 0.25) is 0 Å². The molecule has 1 saturated heterocycles. The monoisotopic (exact) mass is 597 g/mol. The molecule has 8 nitrogen and oxygen atoms in total. The van der Waals surface area contributed by atoms with E-state index in [1.165, 1.54) is 0 Å². The van der Waals surface area contributed by atoms with Crippen molar-refractivity contribution in [3.63, 3.8) is 0 Å². The molecular weight excluding hydrogens is 566 g/mol. The number of carbonyl (C=O) groups is 3. The highest BCUT2D eigenvalue weighted by Gasteiger charge is 2.67. The van der Waals surface area contributed by atoms with Gasteiger partial charge in [0.15, 0.2) is 5.60 Å². The zero-order valence-corrected chi connectivity index (χ0v) is 24.6. The molecule has 0 spiro atoms. The van der Waals surface area contributed by atoms with Crippen LogP contribution >= 0.6 is 0 Å². The van der Waals surface area contributed by atoms with E-state index in [0.29, 0.717) is 22.5 Å². The number of aromatic nitrogens is 2. The van der Waals surface area contributed by atoms with Crippen molar-refractivity contribution in [2.45, 2.75) is 12.5 Å². The normalized spacial score (nSPS) is 24.2. The van der Waals surface area contributed by atoms with Crippen molar-refractivity contribution in [1.82, 2.24) is 14.9 Å². The van der Waals surface area contributed by atoms with E-state index in [2.05, 4.69) is 4.98 Å². The maximum Gasteiger partial charge on any atom is 0.326 e. The second-order valence-electron chi connectivity index (χ2n) is 11.4. The summed E-state index contributed by atoms with van der Waals surface area (Å²) in [6.07, 6.45) is 5.30. The predicted octanol–water partition coefficient (Wildman–Crippen LogP) is 4.56. The third-order valence-electron chi connectivity index (χ3n) is 9.13. The van der Waals surface area contributed by atoms with Gasteiger partial charge in [-0.25, -0.2) is 0 Å². The van der Waals surface area contributed by atoms with Crippen LogP contribution in [0.1, 0.15) is 29.4 Å². The Morgan fingerprint density at radius 2 is 1.49 bits per heavy atom. The topological polar surface area (TPSA) is 110 Å². The minimum atomic E-state index is -1.71. The predicted molar refractivity (Wildman–Crippen MR) is 166 cm³/mol. The summed E-state index contributed by atoms with van der Waals surface area (Å²) in [5, 5.41) is 12.9. The van der Waals surface area contributed by atoms with Crippen LogP contribution < -0.4 is 0 Å². The highest BCUT2D eigenvalue weighted by Crippen LogP contribution is 2.64. The number of rotatable bonds is 8. The highest BCUT2D eigenvalue weighted by molar-refractivity contribution is 6.09. The van der Waals surface area contributed by atoms with Crippen LogP contribution in [0, 0.1) is 23.7 Å². The average molecular weight is 598 g/mol. The van der Waals surface area contributed by atoms with Gasteiger partial charge in [0, 0.05) is 29.8 Å². The molecule has 5 atom stereocenters. The van der Waals surface area contributed by atoms with Crippen LogP contribution in [0.4, 0.5) is 0 Å². The maximum absolute atomic E-state index is 14.2. The van der Waals surface area contributed by atoms with Gasteiger partial charge in [0.05, 0.1) is 29.8 Å².